The van der Waals surface area contributed by atoms with Crippen molar-refractivity contribution in [1.29, 1.82) is 0 Å². The second kappa shape index (κ2) is 10.2. The van der Waals surface area contributed by atoms with Gasteiger partial charge in [-0.2, -0.15) is 0 Å². The van der Waals surface area contributed by atoms with Gasteiger partial charge in [-0.15, -0.1) is 0 Å². The van der Waals surface area contributed by atoms with Gasteiger partial charge in [-0.3, -0.25) is 9.89 Å². The summed E-state index contributed by atoms with van der Waals surface area (Å²) in [6, 6.07) is 0. The minimum absolute atomic E-state index is 0.348. The number of likely N-dealkylation sites (tertiary alicyclic amines) is 1. The second-order valence-corrected chi connectivity index (χ2v) is 6.99. The van der Waals surface area contributed by atoms with Crippen molar-refractivity contribution in [3.05, 3.63) is 0 Å². The summed E-state index contributed by atoms with van der Waals surface area (Å²) in [5.41, 5.74) is 0. The molecule has 0 amide bonds. The van der Waals surface area contributed by atoms with Crippen LogP contribution in [-0.2, 0) is 9.47 Å². The molecule has 2 fully saturated rings. The Hall–Kier alpha value is -0.850. The summed E-state index contributed by atoms with van der Waals surface area (Å²) >= 11 is 0. The number of rotatable bonds is 6. The van der Waals surface area contributed by atoms with Crippen molar-refractivity contribution in [1.82, 2.24) is 15.1 Å². The van der Waals surface area contributed by atoms with Crippen molar-refractivity contribution in [2.45, 2.75) is 58.3 Å². The Kier molecular flexibility index (Phi) is 8.29. The highest BCUT2D eigenvalue weighted by atomic mass is 16.5. The van der Waals surface area contributed by atoms with E-state index in [1.54, 1.807) is 0 Å². The average molecular weight is 341 g/mol. The van der Waals surface area contributed by atoms with Crippen LogP contribution in [0.3, 0.4) is 0 Å². The average Bonchev–Trinajstić information content (AvgIpc) is 2.55. The van der Waals surface area contributed by atoms with Gasteiger partial charge in [0, 0.05) is 52.9 Å². The number of ether oxygens (including phenoxy) is 2. The molecule has 0 aromatic heterocycles. The Bertz CT molecular complexity index is 373. The third kappa shape index (κ3) is 6.22. The van der Waals surface area contributed by atoms with Gasteiger partial charge >= 0.3 is 0 Å². The molecule has 6 nitrogen and oxygen atoms in total. The van der Waals surface area contributed by atoms with Gasteiger partial charge in [-0.25, -0.2) is 0 Å². The van der Waals surface area contributed by atoms with E-state index >= 15 is 0 Å². The molecule has 2 atom stereocenters. The summed E-state index contributed by atoms with van der Waals surface area (Å²) in [6.45, 7) is 13.5. The minimum Gasteiger partial charge on any atom is -0.378 e. The monoisotopic (exact) mass is 340 g/mol. The van der Waals surface area contributed by atoms with E-state index in [2.05, 4.69) is 40.9 Å². The van der Waals surface area contributed by atoms with Crippen LogP contribution >= 0.6 is 0 Å². The van der Waals surface area contributed by atoms with Crippen LogP contribution in [0, 0.1) is 0 Å². The van der Waals surface area contributed by atoms with Crippen molar-refractivity contribution in [3.63, 3.8) is 0 Å². The first-order valence-corrected chi connectivity index (χ1v) is 9.57. The molecule has 2 rings (SSSR count). The van der Waals surface area contributed by atoms with Crippen molar-refractivity contribution < 1.29 is 9.47 Å². The molecule has 0 aromatic carbocycles. The Morgan fingerprint density at radius 1 is 1.21 bits per heavy atom. The Morgan fingerprint density at radius 2 is 1.88 bits per heavy atom. The number of hydrogen-bond donors (Lipinski definition) is 1. The Morgan fingerprint density at radius 3 is 2.46 bits per heavy atom. The lowest BCUT2D eigenvalue weighted by molar-refractivity contribution is -0.0679. The van der Waals surface area contributed by atoms with Crippen LogP contribution < -0.4 is 5.32 Å². The van der Waals surface area contributed by atoms with Gasteiger partial charge in [0.1, 0.15) is 0 Å². The lowest BCUT2D eigenvalue weighted by Crippen LogP contribution is -2.48. The van der Waals surface area contributed by atoms with Crippen molar-refractivity contribution >= 4 is 5.96 Å². The van der Waals surface area contributed by atoms with E-state index in [-0.39, 0.29) is 0 Å². The fourth-order valence-corrected chi connectivity index (χ4v) is 3.77. The van der Waals surface area contributed by atoms with Crippen molar-refractivity contribution in [3.8, 4) is 0 Å². The molecule has 0 saturated carbocycles. The smallest absolute Gasteiger partial charge is 0.193 e. The number of hydrogen-bond acceptors (Lipinski definition) is 4. The third-order valence-corrected chi connectivity index (χ3v) is 4.79. The fourth-order valence-electron chi connectivity index (χ4n) is 3.77. The summed E-state index contributed by atoms with van der Waals surface area (Å²) in [6.07, 6.45) is 4.45. The highest BCUT2D eigenvalue weighted by molar-refractivity contribution is 5.79. The lowest BCUT2D eigenvalue weighted by Gasteiger charge is -2.36. The van der Waals surface area contributed by atoms with Crippen LogP contribution in [0.1, 0.15) is 40.0 Å². The van der Waals surface area contributed by atoms with E-state index in [1.807, 2.05) is 7.05 Å². The standard InChI is InChI=1S/C18H36N4O2/c1-5-23-17-7-11-22(12-8-17)18(19-4)20-9-6-10-21-13-15(2)24-16(3)14-21/h15-17H,5-14H2,1-4H3,(H,19,20). The summed E-state index contributed by atoms with van der Waals surface area (Å²) < 4.78 is 11.5. The molecular weight excluding hydrogens is 304 g/mol. The number of guanidine groups is 1. The SMILES string of the molecule is CCOC1CCN(C(=NC)NCCCN2CC(C)OC(C)C2)CC1. The number of piperidine rings is 1. The number of aliphatic imine (C=N–C) groups is 1. The van der Waals surface area contributed by atoms with E-state index in [0.29, 0.717) is 18.3 Å². The molecule has 0 spiro atoms. The molecule has 140 valence electrons. The van der Waals surface area contributed by atoms with Gasteiger partial charge < -0.3 is 19.7 Å². The van der Waals surface area contributed by atoms with E-state index < -0.39 is 0 Å². The lowest BCUT2D eigenvalue weighted by atomic mass is 10.1. The number of nitrogens with zero attached hydrogens (tertiary/aromatic N) is 3. The van der Waals surface area contributed by atoms with Crippen LogP contribution in [0.5, 0.6) is 0 Å². The quantitative estimate of drug-likeness (QED) is 0.452. The van der Waals surface area contributed by atoms with Crippen LogP contribution in [0.15, 0.2) is 4.99 Å². The molecule has 24 heavy (non-hydrogen) atoms. The zero-order valence-electron chi connectivity index (χ0n) is 16.0. The maximum atomic E-state index is 5.79. The van der Waals surface area contributed by atoms with E-state index in [0.717, 1.165) is 71.1 Å². The van der Waals surface area contributed by atoms with Crippen LogP contribution in [0.4, 0.5) is 0 Å². The summed E-state index contributed by atoms with van der Waals surface area (Å²) in [5, 5.41) is 3.53. The Balaban J connectivity index is 1.63. The topological polar surface area (TPSA) is 49.3 Å². The number of nitrogens with one attached hydrogen (secondary N) is 1. The van der Waals surface area contributed by atoms with Crippen LogP contribution in [-0.4, -0.2) is 87.0 Å². The maximum absolute atomic E-state index is 5.79. The highest BCUT2D eigenvalue weighted by Crippen LogP contribution is 2.14. The van der Waals surface area contributed by atoms with Gasteiger partial charge in [0.2, 0.25) is 0 Å². The first kappa shape index (κ1) is 19.5. The maximum Gasteiger partial charge on any atom is 0.193 e. The van der Waals surface area contributed by atoms with Crippen LogP contribution in [0.2, 0.25) is 0 Å². The van der Waals surface area contributed by atoms with E-state index in [9.17, 15) is 0 Å². The first-order valence-electron chi connectivity index (χ1n) is 9.57. The molecule has 2 saturated heterocycles. The summed E-state index contributed by atoms with van der Waals surface area (Å²) in [5.74, 6) is 1.04. The van der Waals surface area contributed by atoms with Crippen molar-refractivity contribution in [2.75, 3.05) is 52.9 Å². The molecule has 0 aliphatic carbocycles. The third-order valence-electron chi connectivity index (χ3n) is 4.79. The minimum atomic E-state index is 0.348. The predicted molar refractivity (Wildman–Crippen MR) is 98.6 cm³/mol. The molecule has 2 aliphatic heterocycles. The zero-order chi connectivity index (χ0) is 17.4. The molecule has 2 heterocycles. The first-order chi connectivity index (χ1) is 11.6. The van der Waals surface area contributed by atoms with Gasteiger partial charge in [-0.1, -0.05) is 0 Å². The summed E-state index contributed by atoms with van der Waals surface area (Å²) in [4.78, 5) is 9.31. The second-order valence-electron chi connectivity index (χ2n) is 6.99. The van der Waals surface area contributed by atoms with Crippen molar-refractivity contribution in [2.24, 2.45) is 4.99 Å². The molecular formula is C18H36N4O2. The summed E-state index contributed by atoms with van der Waals surface area (Å²) in [7, 11) is 1.88. The molecule has 2 unspecified atom stereocenters. The van der Waals surface area contributed by atoms with Gasteiger partial charge in [-0.05, 0) is 40.0 Å². The molecule has 1 N–H and O–H groups in total. The molecule has 0 radical (unpaired) electrons. The van der Waals surface area contributed by atoms with Gasteiger partial charge in [0.05, 0.1) is 18.3 Å². The molecule has 0 bridgehead atoms. The molecule has 2 aliphatic rings. The number of morpholine rings is 1. The normalized spacial score (nSPS) is 27.5. The molecule has 0 aromatic rings. The fraction of sp³-hybridized carbons (Fsp3) is 0.944. The van der Waals surface area contributed by atoms with E-state index in [4.69, 9.17) is 9.47 Å². The Labute approximate surface area is 147 Å². The predicted octanol–water partition coefficient (Wildman–Crippen LogP) is 1.56. The van der Waals surface area contributed by atoms with Gasteiger partial charge in [0.15, 0.2) is 5.96 Å². The van der Waals surface area contributed by atoms with Crippen LogP contribution in [0.25, 0.3) is 0 Å². The largest absolute Gasteiger partial charge is 0.378 e. The molecule has 6 heteroatoms. The highest BCUT2D eigenvalue weighted by Gasteiger charge is 2.23. The van der Waals surface area contributed by atoms with Gasteiger partial charge in [0.25, 0.3) is 0 Å². The zero-order valence-corrected chi connectivity index (χ0v) is 16.0. The van der Waals surface area contributed by atoms with E-state index in [1.165, 1.54) is 0 Å².